The third kappa shape index (κ3) is 2.62. The Morgan fingerprint density at radius 2 is 2.22 bits per heavy atom. The van der Waals surface area contributed by atoms with Crippen molar-refractivity contribution in [2.24, 2.45) is 7.05 Å². The smallest absolute Gasteiger partial charge is 0.272 e. The fourth-order valence-corrected chi connectivity index (χ4v) is 1.55. The van der Waals surface area contributed by atoms with Gasteiger partial charge >= 0.3 is 0 Å². The maximum Gasteiger partial charge on any atom is 0.272 e. The minimum absolute atomic E-state index is 0.202. The molecule has 1 unspecified atom stereocenters. The molecule has 2 heterocycles. The molecular weight excluding hydrogens is 256 g/mol. The SMILES string of the molecule is CC(NC(=O)c1cnc(Cl)cn1)c1nncn1C. The number of nitrogens with zero attached hydrogens (tertiary/aromatic N) is 5. The molecule has 7 nitrogen and oxygen atoms in total. The summed E-state index contributed by atoms with van der Waals surface area (Å²) in [4.78, 5) is 19.5. The molecule has 0 aliphatic rings. The van der Waals surface area contributed by atoms with Crippen molar-refractivity contribution < 1.29 is 4.79 Å². The van der Waals surface area contributed by atoms with Crippen molar-refractivity contribution in [2.75, 3.05) is 0 Å². The highest BCUT2D eigenvalue weighted by Crippen LogP contribution is 2.08. The molecule has 0 bridgehead atoms. The van der Waals surface area contributed by atoms with Gasteiger partial charge in [-0.3, -0.25) is 4.79 Å². The summed E-state index contributed by atoms with van der Waals surface area (Å²) in [5, 5.41) is 10.7. The largest absolute Gasteiger partial charge is 0.341 e. The lowest BCUT2D eigenvalue weighted by Crippen LogP contribution is -2.29. The molecule has 1 N–H and O–H groups in total. The van der Waals surface area contributed by atoms with E-state index in [2.05, 4.69) is 25.5 Å². The lowest BCUT2D eigenvalue weighted by molar-refractivity contribution is 0.0932. The van der Waals surface area contributed by atoms with Crippen LogP contribution in [0.15, 0.2) is 18.7 Å². The molecule has 18 heavy (non-hydrogen) atoms. The second-order valence-corrected chi connectivity index (χ2v) is 4.11. The van der Waals surface area contributed by atoms with Gasteiger partial charge in [-0.1, -0.05) is 11.6 Å². The van der Waals surface area contributed by atoms with Crippen LogP contribution in [0.5, 0.6) is 0 Å². The third-order valence-electron chi connectivity index (χ3n) is 2.33. The van der Waals surface area contributed by atoms with E-state index in [-0.39, 0.29) is 22.8 Å². The van der Waals surface area contributed by atoms with Crippen LogP contribution in [0.1, 0.15) is 29.3 Å². The number of carbonyl (C=O) groups excluding carboxylic acids is 1. The highest BCUT2D eigenvalue weighted by molar-refractivity contribution is 6.29. The van der Waals surface area contributed by atoms with Gasteiger partial charge < -0.3 is 9.88 Å². The average molecular weight is 267 g/mol. The number of hydrogen-bond donors (Lipinski definition) is 1. The monoisotopic (exact) mass is 266 g/mol. The molecule has 0 spiro atoms. The Labute approximate surface area is 108 Å². The van der Waals surface area contributed by atoms with Crippen LogP contribution in [0.2, 0.25) is 5.15 Å². The van der Waals surface area contributed by atoms with Crippen molar-refractivity contribution in [2.45, 2.75) is 13.0 Å². The molecule has 0 aliphatic heterocycles. The van der Waals surface area contributed by atoms with Crippen LogP contribution in [0.4, 0.5) is 0 Å². The van der Waals surface area contributed by atoms with Gasteiger partial charge in [-0.05, 0) is 6.92 Å². The average Bonchev–Trinajstić information content (AvgIpc) is 2.76. The fraction of sp³-hybridized carbons (Fsp3) is 0.300. The van der Waals surface area contributed by atoms with Crippen LogP contribution >= 0.6 is 11.6 Å². The second kappa shape index (κ2) is 5.09. The highest BCUT2D eigenvalue weighted by atomic mass is 35.5. The van der Waals surface area contributed by atoms with Crippen LogP contribution in [0.25, 0.3) is 0 Å². The fourth-order valence-electron chi connectivity index (χ4n) is 1.45. The first-order valence-corrected chi connectivity index (χ1v) is 5.58. The maximum atomic E-state index is 11.9. The van der Waals surface area contributed by atoms with Crippen LogP contribution in [0, 0.1) is 0 Å². The predicted molar refractivity (Wildman–Crippen MR) is 63.9 cm³/mol. The Balaban J connectivity index is 2.08. The second-order valence-electron chi connectivity index (χ2n) is 3.72. The van der Waals surface area contributed by atoms with E-state index in [4.69, 9.17) is 11.6 Å². The van der Waals surface area contributed by atoms with E-state index in [0.29, 0.717) is 5.82 Å². The molecule has 0 saturated carbocycles. The zero-order chi connectivity index (χ0) is 13.1. The Morgan fingerprint density at radius 3 is 2.78 bits per heavy atom. The summed E-state index contributed by atoms with van der Waals surface area (Å²) >= 11 is 5.60. The van der Waals surface area contributed by atoms with Crippen LogP contribution in [-0.2, 0) is 7.05 Å². The van der Waals surface area contributed by atoms with Gasteiger partial charge in [-0.2, -0.15) is 0 Å². The normalized spacial score (nSPS) is 12.2. The standard InChI is InChI=1S/C10H11ClN6O/c1-6(9-16-14-5-17(9)2)15-10(18)7-3-13-8(11)4-12-7/h3-6H,1-2H3,(H,15,18). The zero-order valence-corrected chi connectivity index (χ0v) is 10.6. The van der Waals surface area contributed by atoms with Gasteiger partial charge in [0.1, 0.15) is 17.2 Å². The first-order valence-electron chi connectivity index (χ1n) is 5.20. The molecule has 0 saturated heterocycles. The van der Waals surface area contributed by atoms with E-state index in [9.17, 15) is 4.79 Å². The van der Waals surface area contributed by atoms with E-state index in [1.807, 2.05) is 6.92 Å². The summed E-state index contributed by atoms with van der Waals surface area (Å²) in [6.45, 7) is 1.81. The van der Waals surface area contributed by atoms with Crippen molar-refractivity contribution in [3.63, 3.8) is 0 Å². The minimum atomic E-state index is -0.338. The van der Waals surface area contributed by atoms with Gasteiger partial charge in [0.2, 0.25) is 0 Å². The molecule has 0 aliphatic carbocycles. The molecular formula is C10H11ClN6O. The molecule has 94 valence electrons. The summed E-state index contributed by atoms with van der Waals surface area (Å²) in [6.07, 6.45) is 4.21. The zero-order valence-electron chi connectivity index (χ0n) is 9.83. The van der Waals surface area contributed by atoms with E-state index >= 15 is 0 Å². The topological polar surface area (TPSA) is 85.6 Å². The van der Waals surface area contributed by atoms with Crippen LogP contribution < -0.4 is 5.32 Å². The minimum Gasteiger partial charge on any atom is -0.341 e. The number of halogens is 1. The molecule has 0 fully saturated rings. The Hall–Kier alpha value is -2.02. The molecule has 0 aromatic carbocycles. The molecule has 2 rings (SSSR count). The molecule has 2 aromatic heterocycles. The van der Waals surface area contributed by atoms with Crippen LogP contribution in [-0.4, -0.2) is 30.6 Å². The summed E-state index contributed by atoms with van der Waals surface area (Å²) in [5.41, 5.74) is 0.202. The van der Waals surface area contributed by atoms with Crippen molar-refractivity contribution in [1.29, 1.82) is 0 Å². The number of rotatable bonds is 3. The van der Waals surface area contributed by atoms with Crippen LogP contribution in [0.3, 0.4) is 0 Å². The van der Waals surface area contributed by atoms with Crippen molar-refractivity contribution >= 4 is 17.5 Å². The van der Waals surface area contributed by atoms with E-state index in [0.717, 1.165) is 0 Å². The van der Waals surface area contributed by atoms with Gasteiger partial charge in [0.15, 0.2) is 5.82 Å². The molecule has 1 amide bonds. The predicted octanol–water partition coefficient (Wildman–Crippen LogP) is 0.750. The van der Waals surface area contributed by atoms with Gasteiger partial charge in [-0.15, -0.1) is 10.2 Å². The van der Waals surface area contributed by atoms with E-state index in [1.165, 1.54) is 12.4 Å². The Morgan fingerprint density at radius 1 is 1.44 bits per heavy atom. The highest BCUT2D eigenvalue weighted by Gasteiger charge is 2.16. The number of carbonyl (C=O) groups is 1. The number of amides is 1. The maximum absolute atomic E-state index is 11.9. The first-order chi connectivity index (χ1) is 8.58. The number of hydrogen-bond acceptors (Lipinski definition) is 5. The lowest BCUT2D eigenvalue weighted by Gasteiger charge is -2.12. The Kier molecular flexibility index (Phi) is 3.52. The van der Waals surface area contributed by atoms with Gasteiger partial charge in [0.25, 0.3) is 5.91 Å². The number of aromatic nitrogens is 5. The van der Waals surface area contributed by atoms with E-state index < -0.39 is 0 Å². The van der Waals surface area contributed by atoms with Gasteiger partial charge in [0, 0.05) is 7.05 Å². The molecule has 2 aromatic rings. The molecule has 8 heteroatoms. The number of aryl methyl sites for hydroxylation is 1. The van der Waals surface area contributed by atoms with E-state index in [1.54, 1.807) is 17.9 Å². The van der Waals surface area contributed by atoms with Gasteiger partial charge in [-0.25, -0.2) is 9.97 Å². The molecule has 0 radical (unpaired) electrons. The third-order valence-corrected chi connectivity index (χ3v) is 2.53. The molecule has 1 atom stereocenters. The van der Waals surface area contributed by atoms with Crippen molar-refractivity contribution in [3.8, 4) is 0 Å². The number of nitrogens with one attached hydrogen (secondary N) is 1. The summed E-state index contributed by atoms with van der Waals surface area (Å²) in [5.74, 6) is 0.319. The summed E-state index contributed by atoms with van der Waals surface area (Å²) in [6, 6.07) is -0.275. The van der Waals surface area contributed by atoms with Crippen molar-refractivity contribution in [1.82, 2.24) is 30.0 Å². The first kappa shape index (κ1) is 12.4. The lowest BCUT2D eigenvalue weighted by atomic mass is 10.3. The quantitative estimate of drug-likeness (QED) is 0.886. The Bertz CT molecular complexity index is 552. The summed E-state index contributed by atoms with van der Waals surface area (Å²) in [7, 11) is 1.81. The summed E-state index contributed by atoms with van der Waals surface area (Å²) < 4.78 is 1.73. The van der Waals surface area contributed by atoms with Gasteiger partial charge in [0.05, 0.1) is 18.4 Å². The van der Waals surface area contributed by atoms with Crippen molar-refractivity contribution in [3.05, 3.63) is 35.4 Å².